The van der Waals surface area contributed by atoms with Crippen molar-refractivity contribution in [3.63, 3.8) is 0 Å². The quantitative estimate of drug-likeness (QED) is 0.788. The van der Waals surface area contributed by atoms with E-state index in [4.69, 9.17) is 5.73 Å². The third-order valence-corrected chi connectivity index (χ3v) is 2.26. The minimum atomic E-state index is -0.586. The predicted octanol–water partition coefficient (Wildman–Crippen LogP) is 1.96. The van der Waals surface area contributed by atoms with Crippen LogP contribution in [-0.2, 0) is 0 Å². The molecule has 0 aliphatic heterocycles. The second kappa shape index (κ2) is 5.30. The van der Waals surface area contributed by atoms with Crippen LogP contribution in [0.2, 0.25) is 0 Å². The summed E-state index contributed by atoms with van der Waals surface area (Å²) >= 11 is 0. The van der Waals surface area contributed by atoms with Crippen molar-refractivity contribution in [1.29, 1.82) is 0 Å². The Bertz CT molecular complexity index is 600. The number of aryl methyl sites for hydroxylation is 1. The molecule has 2 aromatic rings. The summed E-state index contributed by atoms with van der Waals surface area (Å²) in [5.74, 6) is -0.586. The molecule has 1 aromatic heterocycles. The lowest BCUT2D eigenvalue weighted by Gasteiger charge is -2.03. The molecule has 1 heterocycles. The molecule has 0 saturated heterocycles. The molecule has 0 atom stereocenters. The topological polar surface area (TPSA) is 75.9 Å². The Morgan fingerprint density at radius 1 is 1.24 bits per heavy atom. The fraction of sp³-hybridized carbons (Fsp3) is 0.231. The van der Waals surface area contributed by atoms with Gasteiger partial charge in [-0.05, 0) is 19.1 Å². The Morgan fingerprint density at radius 2 is 1.88 bits per heavy atom. The van der Waals surface area contributed by atoms with Gasteiger partial charge in [-0.1, -0.05) is 25.5 Å². The number of fused-ring (bicyclic) bond motifs is 1. The molecule has 1 amide bonds. The van der Waals surface area contributed by atoms with E-state index in [1.807, 2.05) is 32.9 Å². The molecule has 4 heteroatoms. The number of rotatable bonds is 1. The number of carbonyl (C=O) groups is 1. The van der Waals surface area contributed by atoms with E-state index in [9.17, 15) is 9.59 Å². The molecule has 0 spiro atoms. The summed E-state index contributed by atoms with van der Waals surface area (Å²) in [7, 11) is 0. The van der Waals surface area contributed by atoms with Gasteiger partial charge in [0.25, 0.3) is 0 Å². The van der Waals surface area contributed by atoms with Crippen molar-refractivity contribution in [2.24, 2.45) is 5.73 Å². The smallest absolute Gasteiger partial charge is 0.249 e. The molecule has 2 rings (SSSR count). The van der Waals surface area contributed by atoms with Gasteiger partial charge < -0.3 is 10.7 Å². The van der Waals surface area contributed by atoms with Crippen LogP contribution >= 0.6 is 0 Å². The van der Waals surface area contributed by atoms with E-state index in [2.05, 4.69) is 4.98 Å². The minimum absolute atomic E-state index is 0.262. The first kappa shape index (κ1) is 13.0. The van der Waals surface area contributed by atoms with Gasteiger partial charge in [0, 0.05) is 17.0 Å². The molecule has 1 aromatic carbocycles. The van der Waals surface area contributed by atoms with E-state index in [1.54, 1.807) is 6.07 Å². The summed E-state index contributed by atoms with van der Waals surface area (Å²) in [6, 6.07) is 6.68. The van der Waals surface area contributed by atoms with Gasteiger partial charge in [-0.2, -0.15) is 0 Å². The van der Waals surface area contributed by atoms with E-state index in [0.717, 1.165) is 5.56 Å². The third-order valence-electron chi connectivity index (χ3n) is 2.26. The number of aromatic nitrogens is 1. The molecule has 0 saturated carbocycles. The van der Waals surface area contributed by atoms with Crippen molar-refractivity contribution in [3.05, 3.63) is 45.7 Å². The van der Waals surface area contributed by atoms with Crippen molar-refractivity contribution in [2.75, 3.05) is 0 Å². The van der Waals surface area contributed by atoms with E-state index in [1.165, 1.54) is 6.07 Å². The lowest BCUT2D eigenvalue weighted by atomic mass is 10.1. The fourth-order valence-corrected chi connectivity index (χ4v) is 1.57. The lowest BCUT2D eigenvalue weighted by molar-refractivity contribution is 0.100. The van der Waals surface area contributed by atoms with Crippen LogP contribution in [0.15, 0.2) is 29.1 Å². The Kier molecular flexibility index (Phi) is 4.04. The van der Waals surface area contributed by atoms with Crippen molar-refractivity contribution in [3.8, 4) is 0 Å². The summed E-state index contributed by atoms with van der Waals surface area (Å²) in [4.78, 5) is 25.0. The second-order valence-corrected chi connectivity index (χ2v) is 3.46. The van der Waals surface area contributed by atoms with Crippen molar-refractivity contribution < 1.29 is 4.79 Å². The van der Waals surface area contributed by atoms with E-state index in [-0.39, 0.29) is 11.1 Å². The van der Waals surface area contributed by atoms with Gasteiger partial charge in [0.05, 0.1) is 5.56 Å². The number of benzene rings is 1. The number of hydrogen-bond acceptors (Lipinski definition) is 2. The molecule has 0 fully saturated rings. The highest BCUT2D eigenvalue weighted by atomic mass is 16.1. The van der Waals surface area contributed by atoms with Crippen molar-refractivity contribution >= 4 is 16.8 Å². The predicted molar refractivity (Wildman–Crippen MR) is 69.2 cm³/mol. The maximum atomic E-state index is 11.2. The first-order valence-electron chi connectivity index (χ1n) is 5.51. The number of nitrogens with two attached hydrogens (primary N) is 1. The average Bonchev–Trinajstić information content (AvgIpc) is 2.31. The number of nitrogens with one attached hydrogen (secondary N) is 1. The summed E-state index contributed by atoms with van der Waals surface area (Å²) in [5.41, 5.74) is 6.79. The van der Waals surface area contributed by atoms with Gasteiger partial charge in [-0.3, -0.25) is 9.59 Å². The molecule has 90 valence electrons. The minimum Gasteiger partial charge on any atom is -0.366 e. The van der Waals surface area contributed by atoms with Crippen molar-refractivity contribution in [2.45, 2.75) is 20.8 Å². The normalized spacial score (nSPS) is 9.59. The van der Waals surface area contributed by atoms with E-state index in [0.29, 0.717) is 10.9 Å². The summed E-state index contributed by atoms with van der Waals surface area (Å²) in [6.07, 6.45) is 0. The molecular weight excluding hydrogens is 216 g/mol. The van der Waals surface area contributed by atoms with Crippen LogP contribution in [0, 0.1) is 6.92 Å². The van der Waals surface area contributed by atoms with Gasteiger partial charge in [0.15, 0.2) is 0 Å². The number of amides is 1. The largest absolute Gasteiger partial charge is 0.366 e. The standard InChI is InChI=1S/C11H10N2O2.C2H6/c1-6-2-3-9-7(4-6)8(11(12)15)5-10(14)13-9;1-2/h2-5H,1H3,(H2,12,15)(H,13,14);1-2H3. The molecule has 3 N–H and O–H groups in total. The number of pyridine rings is 1. The number of primary amides is 1. The van der Waals surface area contributed by atoms with E-state index < -0.39 is 5.91 Å². The molecule has 4 nitrogen and oxygen atoms in total. The monoisotopic (exact) mass is 232 g/mol. The molecular formula is C13H16N2O2. The molecule has 0 aliphatic rings. The fourth-order valence-electron chi connectivity index (χ4n) is 1.57. The number of hydrogen-bond donors (Lipinski definition) is 2. The SMILES string of the molecule is CC.Cc1ccc2[nH]c(=O)cc(C(N)=O)c2c1. The van der Waals surface area contributed by atoms with Gasteiger partial charge in [0.2, 0.25) is 11.5 Å². The molecule has 0 aliphatic carbocycles. The number of carbonyl (C=O) groups excluding carboxylic acids is 1. The Labute approximate surface area is 99.5 Å². The van der Waals surface area contributed by atoms with Crippen LogP contribution in [0.25, 0.3) is 10.9 Å². The van der Waals surface area contributed by atoms with Crippen LogP contribution in [0.3, 0.4) is 0 Å². The first-order chi connectivity index (χ1) is 8.08. The third kappa shape index (κ3) is 2.72. The van der Waals surface area contributed by atoms with Crippen LogP contribution in [0.5, 0.6) is 0 Å². The first-order valence-corrected chi connectivity index (χ1v) is 5.51. The summed E-state index contributed by atoms with van der Waals surface area (Å²) in [6.45, 7) is 5.91. The van der Waals surface area contributed by atoms with Crippen LogP contribution in [0.4, 0.5) is 0 Å². The Balaban J connectivity index is 0.000000686. The average molecular weight is 232 g/mol. The van der Waals surface area contributed by atoms with Gasteiger partial charge in [0.1, 0.15) is 0 Å². The summed E-state index contributed by atoms with van der Waals surface area (Å²) in [5, 5.41) is 0.683. The van der Waals surface area contributed by atoms with Crippen molar-refractivity contribution in [1.82, 2.24) is 4.98 Å². The van der Waals surface area contributed by atoms with Gasteiger partial charge in [-0.25, -0.2) is 0 Å². The van der Waals surface area contributed by atoms with E-state index >= 15 is 0 Å². The summed E-state index contributed by atoms with van der Waals surface area (Å²) < 4.78 is 0. The highest BCUT2D eigenvalue weighted by Crippen LogP contribution is 2.16. The molecule has 0 bridgehead atoms. The lowest BCUT2D eigenvalue weighted by Crippen LogP contribution is -2.16. The molecule has 0 unspecified atom stereocenters. The highest BCUT2D eigenvalue weighted by molar-refractivity contribution is 6.05. The number of H-pyrrole nitrogens is 1. The van der Waals surface area contributed by atoms with Gasteiger partial charge in [-0.15, -0.1) is 0 Å². The van der Waals surface area contributed by atoms with Gasteiger partial charge >= 0.3 is 0 Å². The zero-order valence-electron chi connectivity index (χ0n) is 10.2. The maximum Gasteiger partial charge on any atom is 0.249 e. The Hall–Kier alpha value is -2.10. The van der Waals surface area contributed by atoms with Crippen LogP contribution < -0.4 is 11.3 Å². The maximum absolute atomic E-state index is 11.2. The number of aromatic amines is 1. The zero-order valence-corrected chi connectivity index (χ0v) is 10.2. The van der Waals surface area contributed by atoms with Crippen LogP contribution in [0.1, 0.15) is 29.8 Å². The highest BCUT2D eigenvalue weighted by Gasteiger charge is 2.08. The zero-order chi connectivity index (χ0) is 13.0. The van der Waals surface area contributed by atoms with Crippen LogP contribution in [-0.4, -0.2) is 10.9 Å². The second-order valence-electron chi connectivity index (χ2n) is 3.46. The molecule has 0 radical (unpaired) electrons. The Morgan fingerprint density at radius 3 is 2.47 bits per heavy atom. The molecule has 17 heavy (non-hydrogen) atoms.